The molecule has 1 aliphatic heterocycles. The minimum absolute atomic E-state index is 0.592. The van der Waals surface area contributed by atoms with E-state index < -0.39 is 0 Å². The molecule has 2 aromatic rings. The van der Waals surface area contributed by atoms with Crippen LogP contribution in [0.3, 0.4) is 0 Å². The molecule has 24 heavy (non-hydrogen) atoms. The first-order chi connectivity index (χ1) is 11.8. The van der Waals surface area contributed by atoms with Gasteiger partial charge in [0.15, 0.2) is 6.29 Å². The molecule has 1 aliphatic rings. The van der Waals surface area contributed by atoms with Gasteiger partial charge in [-0.2, -0.15) is 0 Å². The summed E-state index contributed by atoms with van der Waals surface area (Å²) in [4.78, 5) is 12.5. The molecule has 3 heteroatoms. The lowest BCUT2D eigenvalue weighted by Gasteiger charge is -2.28. The number of carbonyl (C=O) groups excluding carboxylic acids is 1. The summed E-state index contributed by atoms with van der Waals surface area (Å²) in [5.74, 6) is 11.5. The summed E-state index contributed by atoms with van der Waals surface area (Å²) in [5.41, 5.74) is 3.92. The number of hydrogen-bond acceptors (Lipinski definition) is 3. The van der Waals surface area contributed by atoms with Gasteiger partial charge in [0.25, 0.3) is 0 Å². The van der Waals surface area contributed by atoms with E-state index in [4.69, 9.17) is 4.74 Å². The fourth-order valence-corrected chi connectivity index (χ4v) is 2.47. The third kappa shape index (κ3) is 4.26. The molecule has 0 spiro atoms. The van der Waals surface area contributed by atoms with Crippen molar-refractivity contribution in [1.82, 2.24) is 0 Å². The van der Waals surface area contributed by atoms with Gasteiger partial charge in [-0.3, -0.25) is 4.79 Å². The van der Waals surface area contributed by atoms with Crippen molar-refractivity contribution in [2.24, 2.45) is 0 Å². The van der Waals surface area contributed by atoms with Gasteiger partial charge in [-0.1, -0.05) is 17.8 Å². The Hall–Kier alpha value is -3.01. The highest BCUT2D eigenvalue weighted by molar-refractivity contribution is 5.74. The van der Waals surface area contributed by atoms with Crippen molar-refractivity contribution in [3.8, 4) is 23.7 Å². The SMILES string of the molecule is O=CC#Cc1ccc(C#Cc2ccc(N3CCOCC3)cc2)cc1. The van der Waals surface area contributed by atoms with Crippen molar-refractivity contribution in [3.05, 3.63) is 65.2 Å². The van der Waals surface area contributed by atoms with E-state index in [0.717, 1.165) is 43.0 Å². The molecule has 0 unspecified atom stereocenters. The number of rotatable bonds is 1. The maximum Gasteiger partial charge on any atom is 0.193 e. The molecule has 1 fully saturated rings. The molecule has 0 N–H and O–H groups in total. The molecule has 2 aromatic carbocycles. The number of benzene rings is 2. The van der Waals surface area contributed by atoms with Crippen LogP contribution in [-0.2, 0) is 9.53 Å². The number of nitrogens with zero attached hydrogens (tertiary/aromatic N) is 1. The van der Waals surface area contributed by atoms with E-state index in [2.05, 4.69) is 40.7 Å². The Morgan fingerprint density at radius 3 is 1.83 bits per heavy atom. The number of aldehydes is 1. The smallest absolute Gasteiger partial charge is 0.193 e. The molecule has 0 aromatic heterocycles. The Labute approximate surface area is 142 Å². The second-order valence-corrected chi connectivity index (χ2v) is 5.36. The van der Waals surface area contributed by atoms with Gasteiger partial charge in [-0.05, 0) is 54.5 Å². The predicted octanol–water partition coefficient (Wildman–Crippen LogP) is 2.47. The number of hydrogen-bond donors (Lipinski definition) is 0. The average Bonchev–Trinajstić information content (AvgIpc) is 2.67. The van der Waals surface area contributed by atoms with Crippen molar-refractivity contribution in [2.45, 2.75) is 0 Å². The molecule has 0 amide bonds. The van der Waals surface area contributed by atoms with Gasteiger partial charge in [-0.15, -0.1) is 0 Å². The third-order valence-electron chi connectivity index (χ3n) is 3.76. The van der Waals surface area contributed by atoms with E-state index in [1.165, 1.54) is 5.69 Å². The minimum atomic E-state index is 0.592. The first-order valence-corrected chi connectivity index (χ1v) is 7.85. The van der Waals surface area contributed by atoms with Gasteiger partial charge in [0.1, 0.15) is 0 Å². The van der Waals surface area contributed by atoms with Crippen LogP contribution in [0.15, 0.2) is 48.5 Å². The number of morpholine rings is 1. The highest BCUT2D eigenvalue weighted by Crippen LogP contribution is 2.16. The van der Waals surface area contributed by atoms with Gasteiger partial charge in [0.05, 0.1) is 13.2 Å². The van der Waals surface area contributed by atoms with Crippen molar-refractivity contribution >= 4 is 12.0 Å². The molecule has 0 aliphatic carbocycles. The highest BCUT2D eigenvalue weighted by atomic mass is 16.5. The normalized spacial score (nSPS) is 13.2. The van der Waals surface area contributed by atoms with E-state index in [0.29, 0.717) is 6.29 Å². The van der Waals surface area contributed by atoms with Crippen LogP contribution in [0.4, 0.5) is 5.69 Å². The van der Waals surface area contributed by atoms with E-state index >= 15 is 0 Å². The topological polar surface area (TPSA) is 29.5 Å². The molecular weight excluding hydrogens is 298 g/mol. The molecule has 1 heterocycles. The molecule has 0 bridgehead atoms. The Morgan fingerprint density at radius 1 is 0.792 bits per heavy atom. The summed E-state index contributed by atoms with van der Waals surface area (Å²) >= 11 is 0. The van der Waals surface area contributed by atoms with Crippen LogP contribution in [-0.4, -0.2) is 32.6 Å². The van der Waals surface area contributed by atoms with Gasteiger partial charge in [0.2, 0.25) is 0 Å². The van der Waals surface area contributed by atoms with Gasteiger partial charge in [-0.25, -0.2) is 0 Å². The maximum atomic E-state index is 10.2. The standard InChI is InChI=1S/C21H17NO2/c23-15-1-2-18-3-5-19(6-4-18)7-8-20-9-11-21(12-10-20)22-13-16-24-17-14-22/h3-6,9-12,15H,13-14,16-17H2. The predicted molar refractivity (Wildman–Crippen MR) is 94.8 cm³/mol. The molecule has 0 atom stereocenters. The fourth-order valence-electron chi connectivity index (χ4n) is 2.47. The number of carbonyl (C=O) groups is 1. The summed E-state index contributed by atoms with van der Waals surface area (Å²) in [5, 5.41) is 0. The number of anilines is 1. The average molecular weight is 315 g/mol. The van der Waals surface area contributed by atoms with Crippen LogP contribution in [0.5, 0.6) is 0 Å². The Bertz CT molecular complexity index is 809. The molecule has 3 rings (SSSR count). The zero-order valence-corrected chi connectivity index (χ0v) is 13.3. The van der Waals surface area contributed by atoms with E-state index in [1.807, 2.05) is 36.4 Å². The van der Waals surface area contributed by atoms with E-state index in [-0.39, 0.29) is 0 Å². The molecule has 3 nitrogen and oxygen atoms in total. The summed E-state index contributed by atoms with van der Waals surface area (Å²) in [6.07, 6.45) is 0.592. The fraction of sp³-hybridized carbons (Fsp3) is 0.190. The Morgan fingerprint density at radius 2 is 1.29 bits per heavy atom. The van der Waals surface area contributed by atoms with Gasteiger partial charge in [0, 0.05) is 35.5 Å². The molecular formula is C21H17NO2. The highest BCUT2D eigenvalue weighted by Gasteiger charge is 2.10. The molecule has 0 saturated carbocycles. The molecule has 0 radical (unpaired) electrons. The van der Waals surface area contributed by atoms with Gasteiger partial charge < -0.3 is 9.64 Å². The Balaban J connectivity index is 1.68. The zero-order chi connectivity index (χ0) is 16.6. The van der Waals surface area contributed by atoms with Crippen LogP contribution < -0.4 is 4.90 Å². The maximum absolute atomic E-state index is 10.2. The summed E-state index contributed by atoms with van der Waals surface area (Å²) in [6, 6.07) is 15.8. The van der Waals surface area contributed by atoms with Crippen molar-refractivity contribution in [3.63, 3.8) is 0 Å². The lowest BCUT2D eigenvalue weighted by atomic mass is 10.1. The summed E-state index contributed by atoms with van der Waals surface area (Å²) < 4.78 is 5.37. The second-order valence-electron chi connectivity index (χ2n) is 5.36. The monoisotopic (exact) mass is 315 g/mol. The minimum Gasteiger partial charge on any atom is -0.378 e. The summed E-state index contributed by atoms with van der Waals surface area (Å²) in [6.45, 7) is 3.44. The lowest BCUT2D eigenvalue weighted by Crippen LogP contribution is -2.36. The lowest BCUT2D eigenvalue weighted by molar-refractivity contribution is -0.103. The van der Waals surface area contributed by atoms with Gasteiger partial charge >= 0.3 is 0 Å². The van der Waals surface area contributed by atoms with Crippen LogP contribution in [0, 0.1) is 23.7 Å². The molecule has 118 valence electrons. The Kier molecular flexibility index (Phi) is 5.30. The van der Waals surface area contributed by atoms with Crippen LogP contribution in [0.25, 0.3) is 0 Å². The molecule has 1 saturated heterocycles. The van der Waals surface area contributed by atoms with E-state index in [1.54, 1.807) is 0 Å². The van der Waals surface area contributed by atoms with Crippen molar-refractivity contribution in [1.29, 1.82) is 0 Å². The quantitative estimate of drug-likeness (QED) is 0.598. The number of ether oxygens (including phenoxy) is 1. The zero-order valence-electron chi connectivity index (χ0n) is 13.3. The third-order valence-corrected chi connectivity index (χ3v) is 3.76. The first kappa shape index (κ1) is 15.9. The van der Waals surface area contributed by atoms with Crippen molar-refractivity contribution < 1.29 is 9.53 Å². The largest absolute Gasteiger partial charge is 0.378 e. The van der Waals surface area contributed by atoms with Crippen LogP contribution in [0.2, 0.25) is 0 Å². The van der Waals surface area contributed by atoms with E-state index in [9.17, 15) is 4.79 Å². The van der Waals surface area contributed by atoms with Crippen molar-refractivity contribution in [2.75, 3.05) is 31.2 Å². The second kappa shape index (κ2) is 8.02. The summed E-state index contributed by atoms with van der Waals surface area (Å²) in [7, 11) is 0. The van der Waals surface area contributed by atoms with Crippen LogP contribution in [0.1, 0.15) is 16.7 Å². The first-order valence-electron chi connectivity index (χ1n) is 7.85. The van der Waals surface area contributed by atoms with Crippen LogP contribution >= 0.6 is 0 Å².